The number of carbonyl (C=O) groups excluding carboxylic acids is 4. The molecular weight excluding hydrogens is 760 g/mol. The van der Waals surface area contributed by atoms with Crippen LogP contribution in [0.25, 0.3) is 11.3 Å². The molecule has 1 aliphatic carbocycles. The maximum absolute atomic E-state index is 16.0. The summed E-state index contributed by atoms with van der Waals surface area (Å²) in [5, 5.41) is 18.1. The molecule has 0 radical (unpaired) electrons. The van der Waals surface area contributed by atoms with Crippen molar-refractivity contribution in [3.8, 4) is 11.3 Å². The van der Waals surface area contributed by atoms with Crippen LogP contribution >= 0.6 is 11.3 Å². The van der Waals surface area contributed by atoms with Crippen molar-refractivity contribution in [1.82, 2.24) is 25.0 Å². The number of piperidine rings is 1. The molecule has 58 heavy (non-hydrogen) atoms. The van der Waals surface area contributed by atoms with Gasteiger partial charge in [-0.2, -0.15) is 5.10 Å². The zero-order valence-corrected chi connectivity index (χ0v) is 32.7. The van der Waals surface area contributed by atoms with Crippen molar-refractivity contribution in [3.63, 3.8) is 0 Å². The van der Waals surface area contributed by atoms with Gasteiger partial charge in [-0.15, -0.1) is 11.3 Å². The van der Waals surface area contributed by atoms with Crippen LogP contribution in [0, 0.1) is 12.7 Å². The Morgan fingerprint density at radius 1 is 0.966 bits per heavy atom. The van der Waals surface area contributed by atoms with Gasteiger partial charge in [0, 0.05) is 78.8 Å². The summed E-state index contributed by atoms with van der Waals surface area (Å²) in [6.45, 7) is 5.76. The van der Waals surface area contributed by atoms with Gasteiger partial charge in [0.15, 0.2) is 0 Å². The minimum absolute atomic E-state index is 0.0845. The summed E-state index contributed by atoms with van der Waals surface area (Å²) < 4.78 is 17.6. The summed E-state index contributed by atoms with van der Waals surface area (Å²) in [4.78, 5) is 58.5. The second kappa shape index (κ2) is 15.3. The predicted octanol–water partition coefficient (Wildman–Crippen LogP) is 5.39. The third-order valence-corrected chi connectivity index (χ3v) is 12.6. The minimum Gasteiger partial charge on any atom is -0.374 e. The van der Waals surface area contributed by atoms with Crippen LogP contribution in [0.5, 0.6) is 0 Å². The maximum atomic E-state index is 16.0. The fourth-order valence-electron chi connectivity index (χ4n) is 8.59. The first-order valence-electron chi connectivity index (χ1n) is 19.6. The number of amides is 4. The highest BCUT2D eigenvalue weighted by atomic mass is 32.1. The van der Waals surface area contributed by atoms with Gasteiger partial charge >= 0.3 is 0 Å². The van der Waals surface area contributed by atoms with Gasteiger partial charge in [0.2, 0.25) is 11.8 Å². The zero-order valence-electron chi connectivity index (χ0n) is 31.9. The number of nitrogens with zero attached hydrogens (tertiary/aromatic N) is 5. The molecule has 14 nitrogen and oxygen atoms in total. The summed E-state index contributed by atoms with van der Waals surface area (Å²) >= 11 is 1.34. The van der Waals surface area contributed by atoms with Crippen LogP contribution in [0.1, 0.15) is 69.0 Å². The standard InChI is InChI=1S/C42H43FN10O4S/c1-23-30(41(56)48-34-21-58-22-45-34)7-8-31(37(23)43)38-36(39(44)55)40-47-32-9-6-28(18-25(32)12-13-53(40)50-38)51-14-16-52(17-15-51)29-19-26(20-29)24-2-4-27(5-3-24)46-33-10-11-35(54)49-42(33)57/h2-9,18,21-22,26,29,33,46-47H,10-17,19-20H2,1H3,(H2,44,55)(H,48,56)(H,49,54,57)/t26?,29?,33-/m1/s1. The van der Waals surface area contributed by atoms with E-state index in [0.717, 1.165) is 61.6 Å². The third-order valence-electron chi connectivity index (χ3n) is 12.0. The van der Waals surface area contributed by atoms with Crippen molar-refractivity contribution in [1.29, 1.82) is 0 Å². The van der Waals surface area contributed by atoms with Gasteiger partial charge in [0.1, 0.15) is 34.8 Å². The third kappa shape index (κ3) is 7.17. The summed E-state index contributed by atoms with van der Waals surface area (Å²) in [7, 11) is 0. The van der Waals surface area contributed by atoms with Gasteiger partial charge in [-0.1, -0.05) is 12.1 Å². The zero-order chi connectivity index (χ0) is 40.1. The molecule has 9 rings (SSSR count). The van der Waals surface area contributed by atoms with E-state index in [-0.39, 0.29) is 45.8 Å². The molecule has 4 amide bonds. The lowest BCUT2D eigenvalue weighted by Gasteiger charge is -2.47. The SMILES string of the molecule is Cc1c(C(=O)Nc2cscn2)ccc(-c2nn3c(c2C(N)=O)Nc2ccc(N4CCN(C5CC(c6ccc(N[C@@H]7CCC(=O)NC7=O)cc6)C5)CC4)cc2CC3)c1F. The number of halogens is 1. The Kier molecular flexibility index (Phi) is 9.89. The van der Waals surface area contributed by atoms with Crippen LogP contribution in [0.4, 0.5) is 33.1 Å². The number of fused-ring (bicyclic) bond motifs is 2. The minimum atomic E-state index is -0.737. The number of anilines is 5. The Balaban J connectivity index is 0.819. The molecule has 3 aliphatic heterocycles. The Bertz CT molecular complexity index is 2420. The molecule has 1 saturated carbocycles. The number of aryl methyl sites for hydroxylation is 2. The quantitative estimate of drug-likeness (QED) is 0.121. The molecule has 298 valence electrons. The van der Waals surface area contributed by atoms with E-state index in [0.29, 0.717) is 49.4 Å². The average Bonchev–Trinajstić information content (AvgIpc) is 3.80. The topological polar surface area (TPSA) is 180 Å². The molecule has 1 atom stereocenters. The Morgan fingerprint density at radius 3 is 2.48 bits per heavy atom. The maximum Gasteiger partial charge on any atom is 0.257 e. The number of primary amides is 1. The van der Waals surface area contributed by atoms with Gasteiger partial charge in [0.05, 0.1) is 5.51 Å². The monoisotopic (exact) mass is 802 g/mol. The Morgan fingerprint density at radius 2 is 1.76 bits per heavy atom. The fraction of sp³-hybridized carbons (Fsp3) is 0.333. The number of rotatable bonds is 9. The molecule has 2 saturated heterocycles. The molecule has 5 aromatic rings. The van der Waals surface area contributed by atoms with Gasteiger partial charge in [0.25, 0.3) is 11.8 Å². The van der Waals surface area contributed by atoms with Crippen molar-refractivity contribution in [3.05, 3.63) is 99.1 Å². The van der Waals surface area contributed by atoms with Gasteiger partial charge < -0.3 is 26.6 Å². The molecule has 2 aromatic heterocycles. The van der Waals surface area contributed by atoms with Crippen molar-refractivity contribution in [2.45, 2.75) is 63.6 Å². The largest absolute Gasteiger partial charge is 0.374 e. The molecule has 3 fully saturated rings. The molecule has 16 heteroatoms. The number of imide groups is 1. The summed E-state index contributed by atoms with van der Waals surface area (Å²) in [5.41, 5.74) is 13.3. The predicted molar refractivity (Wildman–Crippen MR) is 220 cm³/mol. The lowest BCUT2D eigenvalue weighted by atomic mass is 9.75. The lowest BCUT2D eigenvalue weighted by Crippen LogP contribution is -2.53. The van der Waals surface area contributed by atoms with Crippen molar-refractivity contribution < 1.29 is 23.6 Å². The van der Waals surface area contributed by atoms with Crippen LogP contribution in [0.15, 0.2) is 65.5 Å². The summed E-state index contributed by atoms with van der Waals surface area (Å²) in [6, 6.07) is 17.8. The van der Waals surface area contributed by atoms with Crippen LogP contribution in [0.3, 0.4) is 0 Å². The first-order valence-corrected chi connectivity index (χ1v) is 20.5. The molecule has 3 aromatic carbocycles. The normalized spacial score (nSPS) is 20.5. The highest BCUT2D eigenvalue weighted by molar-refractivity contribution is 7.07. The second-order valence-electron chi connectivity index (χ2n) is 15.4. The number of nitrogens with two attached hydrogens (primary N) is 1. The average molecular weight is 803 g/mol. The van der Waals surface area contributed by atoms with E-state index >= 15 is 4.39 Å². The van der Waals surface area contributed by atoms with Crippen LogP contribution < -0.4 is 31.9 Å². The van der Waals surface area contributed by atoms with E-state index < -0.39 is 17.6 Å². The number of benzene rings is 3. The van der Waals surface area contributed by atoms with E-state index in [2.05, 4.69) is 60.3 Å². The van der Waals surface area contributed by atoms with E-state index in [1.54, 1.807) is 15.6 Å². The Labute approximate surface area is 338 Å². The molecule has 6 N–H and O–H groups in total. The number of carbonyl (C=O) groups is 4. The van der Waals surface area contributed by atoms with E-state index in [1.165, 1.54) is 36.0 Å². The lowest BCUT2D eigenvalue weighted by molar-refractivity contribution is -0.133. The molecule has 0 bridgehead atoms. The highest BCUT2D eigenvalue weighted by Gasteiger charge is 2.36. The van der Waals surface area contributed by atoms with Crippen LogP contribution in [-0.2, 0) is 22.6 Å². The van der Waals surface area contributed by atoms with Crippen LogP contribution in [-0.4, -0.2) is 81.6 Å². The fourth-order valence-corrected chi connectivity index (χ4v) is 9.08. The highest BCUT2D eigenvalue weighted by Crippen LogP contribution is 2.41. The summed E-state index contributed by atoms with van der Waals surface area (Å²) in [5.74, 6) is -1.05. The van der Waals surface area contributed by atoms with Gasteiger partial charge in [-0.25, -0.2) is 14.1 Å². The van der Waals surface area contributed by atoms with E-state index in [4.69, 9.17) is 10.8 Å². The number of thiazole rings is 1. The van der Waals surface area contributed by atoms with Crippen molar-refractivity contribution in [2.75, 3.05) is 47.0 Å². The molecule has 4 aliphatic rings. The number of piperazine rings is 1. The Hall–Kier alpha value is -6.13. The number of hydrogen-bond donors (Lipinski definition) is 5. The molecule has 0 unspecified atom stereocenters. The number of hydrogen-bond acceptors (Lipinski definition) is 11. The van der Waals surface area contributed by atoms with E-state index in [1.807, 2.05) is 18.2 Å². The van der Waals surface area contributed by atoms with Gasteiger partial charge in [-0.3, -0.25) is 29.4 Å². The number of aromatic nitrogens is 3. The number of nitrogens with one attached hydrogen (secondary N) is 4. The van der Waals surface area contributed by atoms with E-state index in [9.17, 15) is 19.2 Å². The summed E-state index contributed by atoms with van der Waals surface area (Å²) in [6.07, 6.45) is 3.73. The molecule has 0 spiro atoms. The molecule has 5 heterocycles. The van der Waals surface area contributed by atoms with Crippen molar-refractivity contribution in [2.24, 2.45) is 5.73 Å². The van der Waals surface area contributed by atoms with Crippen LogP contribution in [0.2, 0.25) is 0 Å². The first-order chi connectivity index (χ1) is 28.1. The first kappa shape index (κ1) is 37.4. The van der Waals surface area contributed by atoms with Crippen molar-refractivity contribution >= 4 is 63.7 Å². The smallest absolute Gasteiger partial charge is 0.257 e. The van der Waals surface area contributed by atoms with Gasteiger partial charge in [-0.05, 0) is 97.7 Å². The second-order valence-corrected chi connectivity index (χ2v) is 16.1. The molecular formula is C42H43FN10O4S.